The molecule has 1 aliphatic carbocycles. The number of aryl methyl sites for hydroxylation is 2. The molecule has 2 N–H and O–H groups in total. The SMILES string of the molecule is CC(C)(C)NS(=O)(=O)c1ccccc1CNC(=O)Cc1ccc2c(c1)CCC2. The Bertz CT molecular complexity index is 976. The molecule has 0 atom stereocenters. The van der Waals surface area contributed by atoms with E-state index in [1.165, 1.54) is 17.5 Å². The van der Waals surface area contributed by atoms with Crippen LogP contribution in [0.4, 0.5) is 0 Å². The van der Waals surface area contributed by atoms with E-state index in [0.717, 1.165) is 18.4 Å². The van der Waals surface area contributed by atoms with Gasteiger partial charge in [0, 0.05) is 12.1 Å². The van der Waals surface area contributed by atoms with Gasteiger partial charge in [0.25, 0.3) is 0 Å². The summed E-state index contributed by atoms with van der Waals surface area (Å²) in [6, 6.07) is 13.0. The number of carbonyl (C=O) groups excluding carboxylic acids is 1. The normalized spacial score (nSPS) is 14.0. The maximum absolute atomic E-state index is 12.7. The zero-order chi connectivity index (χ0) is 20.4. The molecular formula is C22H28N2O3S. The van der Waals surface area contributed by atoms with E-state index in [2.05, 4.69) is 22.2 Å². The molecule has 0 unspecified atom stereocenters. The Balaban J connectivity index is 1.67. The Kier molecular flexibility index (Phi) is 5.91. The largest absolute Gasteiger partial charge is 0.352 e. The lowest BCUT2D eigenvalue weighted by molar-refractivity contribution is -0.120. The quantitative estimate of drug-likeness (QED) is 0.782. The first-order chi connectivity index (χ1) is 13.1. The van der Waals surface area contributed by atoms with Crippen LogP contribution >= 0.6 is 0 Å². The summed E-state index contributed by atoms with van der Waals surface area (Å²) in [6.45, 7) is 5.56. The minimum atomic E-state index is -3.66. The van der Waals surface area contributed by atoms with Gasteiger partial charge in [-0.15, -0.1) is 0 Å². The second-order valence-corrected chi connectivity index (χ2v) is 10.0. The summed E-state index contributed by atoms with van der Waals surface area (Å²) in [6.07, 6.45) is 3.67. The lowest BCUT2D eigenvalue weighted by atomic mass is 10.0. The fraction of sp³-hybridized carbons (Fsp3) is 0.409. The molecule has 2 aromatic rings. The molecule has 0 radical (unpaired) electrons. The summed E-state index contributed by atoms with van der Waals surface area (Å²) in [5, 5.41) is 2.86. The third-order valence-electron chi connectivity index (χ3n) is 4.71. The Labute approximate surface area is 167 Å². The van der Waals surface area contributed by atoms with Crippen LogP contribution in [0.2, 0.25) is 0 Å². The van der Waals surface area contributed by atoms with Crippen molar-refractivity contribution in [3.63, 3.8) is 0 Å². The van der Waals surface area contributed by atoms with Crippen LogP contribution in [-0.2, 0) is 40.6 Å². The molecule has 0 fully saturated rings. The second kappa shape index (κ2) is 8.05. The molecule has 0 heterocycles. The highest BCUT2D eigenvalue weighted by molar-refractivity contribution is 7.89. The number of fused-ring (bicyclic) bond motifs is 1. The van der Waals surface area contributed by atoms with Crippen LogP contribution in [0.3, 0.4) is 0 Å². The molecule has 0 aromatic heterocycles. The van der Waals surface area contributed by atoms with E-state index in [0.29, 0.717) is 12.0 Å². The Morgan fingerprint density at radius 2 is 1.75 bits per heavy atom. The van der Waals surface area contributed by atoms with Crippen LogP contribution in [0.1, 0.15) is 49.4 Å². The Morgan fingerprint density at radius 3 is 2.50 bits per heavy atom. The highest BCUT2D eigenvalue weighted by atomic mass is 32.2. The van der Waals surface area contributed by atoms with Crippen molar-refractivity contribution >= 4 is 15.9 Å². The van der Waals surface area contributed by atoms with Crippen molar-refractivity contribution in [1.29, 1.82) is 0 Å². The van der Waals surface area contributed by atoms with Crippen LogP contribution in [0, 0.1) is 0 Å². The van der Waals surface area contributed by atoms with Crippen molar-refractivity contribution in [1.82, 2.24) is 10.0 Å². The first-order valence-electron chi connectivity index (χ1n) is 9.63. The maximum atomic E-state index is 12.7. The van der Waals surface area contributed by atoms with Gasteiger partial charge in [0.05, 0.1) is 11.3 Å². The minimum Gasteiger partial charge on any atom is -0.352 e. The molecule has 0 aliphatic heterocycles. The molecule has 2 aromatic carbocycles. The molecule has 28 heavy (non-hydrogen) atoms. The number of nitrogens with one attached hydrogen (secondary N) is 2. The van der Waals surface area contributed by atoms with Gasteiger partial charge in [-0.25, -0.2) is 13.1 Å². The number of sulfonamides is 1. The van der Waals surface area contributed by atoms with Crippen molar-refractivity contribution < 1.29 is 13.2 Å². The Morgan fingerprint density at radius 1 is 1.04 bits per heavy atom. The summed E-state index contributed by atoms with van der Waals surface area (Å²) in [5.41, 5.74) is 3.71. The summed E-state index contributed by atoms with van der Waals surface area (Å²) < 4.78 is 28.0. The highest BCUT2D eigenvalue weighted by Gasteiger charge is 2.24. The fourth-order valence-corrected chi connectivity index (χ4v) is 5.21. The molecule has 0 bridgehead atoms. The molecule has 0 spiro atoms. The van der Waals surface area contributed by atoms with E-state index in [9.17, 15) is 13.2 Å². The van der Waals surface area contributed by atoms with Gasteiger partial charge < -0.3 is 5.32 Å². The van der Waals surface area contributed by atoms with Crippen LogP contribution < -0.4 is 10.0 Å². The molecule has 1 aliphatic rings. The van der Waals surface area contributed by atoms with Crippen LogP contribution in [0.25, 0.3) is 0 Å². The predicted molar refractivity (Wildman–Crippen MR) is 111 cm³/mol. The first-order valence-corrected chi connectivity index (χ1v) is 11.1. The number of rotatable bonds is 6. The average molecular weight is 401 g/mol. The van der Waals surface area contributed by atoms with E-state index < -0.39 is 15.6 Å². The van der Waals surface area contributed by atoms with E-state index >= 15 is 0 Å². The molecule has 5 nitrogen and oxygen atoms in total. The topological polar surface area (TPSA) is 75.3 Å². The monoisotopic (exact) mass is 400 g/mol. The summed E-state index contributed by atoms with van der Waals surface area (Å²) in [4.78, 5) is 12.6. The van der Waals surface area contributed by atoms with Gasteiger partial charge >= 0.3 is 0 Å². The van der Waals surface area contributed by atoms with Gasteiger partial charge in [-0.1, -0.05) is 36.4 Å². The lowest BCUT2D eigenvalue weighted by Crippen LogP contribution is -2.41. The predicted octanol–water partition coefficient (Wildman–Crippen LogP) is 3.11. The molecule has 1 amide bonds. The Hall–Kier alpha value is -2.18. The van der Waals surface area contributed by atoms with E-state index in [1.807, 2.05) is 6.07 Å². The maximum Gasteiger partial charge on any atom is 0.241 e. The fourth-order valence-electron chi connectivity index (χ4n) is 3.55. The molecule has 0 saturated heterocycles. The zero-order valence-electron chi connectivity index (χ0n) is 16.7. The smallest absolute Gasteiger partial charge is 0.241 e. The summed E-state index contributed by atoms with van der Waals surface area (Å²) in [5.74, 6) is -0.117. The third kappa shape index (κ3) is 5.20. The van der Waals surface area contributed by atoms with Crippen molar-refractivity contribution in [3.8, 4) is 0 Å². The number of carbonyl (C=O) groups is 1. The standard InChI is InChI=1S/C22H28N2O3S/c1-22(2,3)24-28(26,27)20-10-5-4-7-19(20)15-23-21(25)14-16-11-12-17-8-6-9-18(17)13-16/h4-5,7,10-13,24H,6,8-9,14-15H2,1-3H3,(H,23,25). The number of hydrogen-bond acceptors (Lipinski definition) is 3. The van der Waals surface area contributed by atoms with E-state index in [4.69, 9.17) is 0 Å². The highest BCUT2D eigenvalue weighted by Crippen LogP contribution is 2.23. The van der Waals surface area contributed by atoms with E-state index in [1.54, 1.807) is 45.0 Å². The number of benzene rings is 2. The van der Waals surface area contributed by atoms with E-state index in [-0.39, 0.29) is 17.3 Å². The molecular weight excluding hydrogens is 372 g/mol. The zero-order valence-corrected chi connectivity index (χ0v) is 17.5. The summed E-state index contributed by atoms with van der Waals surface area (Å²) >= 11 is 0. The van der Waals surface area contributed by atoms with Crippen LogP contribution in [-0.4, -0.2) is 19.9 Å². The van der Waals surface area contributed by atoms with Gasteiger partial charge in [0.2, 0.25) is 15.9 Å². The van der Waals surface area contributed by atoms with Crippen molar-refractivity contribution in [2.24, 2.45) is 0 Å². The number of amides is 1. The van der Waals surface area contributed by atoms with Gasteiger partial charge in [0.1, 0.15) is 0 Å². The average Bonchev–Trinajstić information content (AvgIpc) is 3.06. The van der Waals surface area contributed by atoms with Gasteiger partial charge in [-0.3, -0.25) is 4.79 Å². The van der Waals surface area contributed by atoms with Crippen LogP contribution in [0.5, 0.6) is 0 Å². The molecule has 6 heteroatoms. The second-order valence-electron chi connectivity index (χ2n) is 8.37. The lowest BCUT2D eigenvalue weighted by Gasteiger charge is -2.21. The van der Waals surface area contributed by atoms with Crippen molar-refractivity contribution in [3.05, 3.63) is 64.7 Å². The molecule has 0 saturated carbocycles. The van der Waals surface area contributed by atoms with Crippen molar-refractivity contribution in [2.75, 3.05) is 0 Å². The van der Waals surface area contributed by atoms with Gasteiger partial charge in [0.15, 0.2) is 0 Å². The third-order valence-corrected chi connectivity index (χ3v) is 6.56. The molecule has 3 rings (SSSR count). The van der Waals surface area contributed by atoms with Crippen molar-refractivity contribution in [2.45, 2.75) is 63.4 Å². The first kappa shape index (κ1) is 20.6. The minimum absolute atomic E-state index is 0.117. The number of hydrogen-bond donors (Lipinski definition) is 2. The van der Waals surface area contributed by atoms with Gasteiger partial charge in [-0.2, -0.15) is 0 Å². The molecule has 150 valence electrons. The van der Waals surface area contributed by atoms with Crippen LogP contribution in [0.15, 0.2) is 47.4 Å². The van der Waals surface area contributed by atoms with Gasteiger partial charge in [-0.05, 0) is 68.4 Å². The summed E-state index contributed by atoms with van der Waals surface area (Å²) in [7, 11) is -3.66.